The molecule has 1 heterocycles. The number of benzene rings is 2. The number of ether oxygens (including phenoxy) is 1. The van der Waals surface area contributed by atoms with Crippen LogP contribution >= 0.6 is 23.2 Å². The fraction of sp³-hybridized carbons (Fsp3) is 0.0667. The second-order valence-electron chi connectivity index (χ2n) is 4.24. The van der Waals surface area contributed by atoms with E-state index in [-0.39, 0.29) is 0 Å². The maximum absolute atomic E-state index is 6.01. The zero-order valence-electron chi connectivity index (χ0n) is 10.6. The normalized spacial score (nSPS) is 10.8. The number of rotatable bonds is 2. The Hall–Kier alpha value is -1.84. The number of methoxy groups -OCH3 is 1. The van der Waals surface area contributed by atoms with Crippen molar-refractivity contribution < 1.29 is 4.74 Å². The van der Waals surface area contributed by atoms with Gasteiger partial charge in [0.25, 0.3) is 0 Å². The third-order valence-electron chi connectivity index (χ3n) is 2.97. The molecule has 0 aliphatic rings. The van der Waals surface area contributed by atoms with Crippen LogP contribution in [0.3, 0.4) is 0 Å². The molecule has 100 valence electrons. The molecule has 3 nitrogen and oxygen atoms in total. The van der Waals surface area contributed by atoms with Crippen LogP contribution in [0.2, 0.25) is 10.0 Å². The van der Waals surface area contributed by atoms with Gasteiger partial charge in [0.15, 0.2) is 0 Å². The lowest BCUT2D eigenvalue weighted by molar-refractivity contribution is 0.415. The Morgan fingerprint density at radius 2 is 1.60 bits per heavy atom. The Bertz CT molecular complexity index is 773. The van der Waals surface area contributed by atoms with E-state index < -0.39 is 0 Å². The highest BCUT2D eigenvalue weighted by molar-refractivity contribution is 6.42. The van der Waals surface area contributed by atoms with Crippen LogP contribution in [0.25, 0.3) is 22.3 Å². The summed E-state index contributed by atoms with van der Waals surface area (Å²) in [6.45, 7) is 0. The zero-order valence-corrected chi connectivity index (χ0v) is 12.1. The molecule has 0 aliphatic heterocycles. The summed E-state index contributed by atoms with van der Waals surface area (Å²) >= 11 is 12.0. The van der Waals surface area contributed by atoms with Gasteiger partial charge >= 0.3 is 0 Å². The van der Waals surface area contributed by atoms with Crippen LogP contribution in [-0.2, 0) is 0 Å². The number of halogens is 2. The van der Waals surface area contributed by atoms with E-state index in [0.717, 1.165) is 22.5 Å². The largest absolute Gasteiger partial charge is 0.497 e. The molecule has 0 unspecified atom stereocenters. The molecular weight excluding hydrogens is 295 g/mol. The molecular formula is C15H10Cl2N2O. The number of hydrogen-bond donors (Lipinski definition) is 0. The molecule has 0 fully saturated rings. The summed E-state index contributed by atoms with van der Waals surface area (Å²) in [4.78, 5) is 8.92. The van der Waals surface area contributed by atoms with E-state index in [1.807, 2.05) is 24.3 Å². The minimum Gasteiger partial charge on any atom is -0.497 e. The van der Waals surface area contributed by atoms with E-state index >= 15 is 0 Å². The van der Waals surface area contributed by atoms with E-state index in [1.54, 1.807) is 25.4 Å². The van der Waals surface area contributed by atoms with Gasteiger partial charge in [-0.05, 0) is 36.4 Å². The van der Waals surface area contributed by atoms with Crippen molar-refractivity contribution in [1.29, 1.82) is 0 Å². The number of aromatic nitrogens is 2. The van der Waals surface area contributed by atoms with Crippen molar-refractivity contribution >= 4 is 34.2 Å². The molecule has 2 aromatic carbocycles. The lowest BCUT2D eigenvalue weighted by atomic mass is 10.1. The Kier molecular flexibility index (Phi) is 3.47. The van der Waals surface area contributed by atoms with Gasteiger partial charge in [0.1, 0.15) is 5.75 Å². The zero-order chi connectivity index (χ0) is 14.1. The molecule has 0 bridgehead atoms. The number of hydrogen-bond acceptors (Lipinski definition) is 3. The molecule has 0 saturated heterocycles. The lowest BCUT2D eigenvalue weighted by Crippen LogP contribution is -1.89. The van der Waals surface area contributed by atoms with Crippen molar-refractivity contribution in [3.05, 3.63) is 52.6 Å². The van der Waals surface area contributed by atoms with Crippen molar-refractivity contribution in [2.75, 3.05) is 7.11 Å². The van der Waals surface area contributed by atoms with E-state index in [4.69, 9.17) is 27.9 Å². The molecule has 1 aromatic heterocycles. The Labute approximate surface area is 126 Å². The fourth-order valence-corrected chi connectivity index (χ4v) is 2.22. The maximum Gasteiger partial charge on any atom is 0.118 e. The molecule has 20 heavy (non-hydrogen) atoms. The monoisotopic (exact) mass is 304 g/mol. The lowest BCUT2D eigenvalue weighted by Gasteiger charge is -2.05. The van der Waals surface area contributed by atoms with Crippen molar-refractivity contribution in [3.63, 3.8) is 0 Å². The van der Waals surface area contributed by atoms with Crippen molar-refractivity contribution in [2.45, 2.75) is 0 Å². The van der Waals surface area contributed by atoms with Crippen LogP contribution in [0.1, 0.15) is 0 Å². The first-order valence-corrected chi connectivity index (χ1v) is 6.69. The van der Waals surface area contributed by atoms with Crippen LogP contribution in [-0.4, -0.2) is 17.1 Å². The second-order valence-corrected chi connectivity index (χ2v) is 5.05. The highest BCUT2D eigenvalue weighted by atomic mass is 35.5. The van der Waals surface area contributed by atoms with Gasteiger partial charge in [0.2, 0.25) is 0 Å². The van der Waals surface area contributed by atoms with Gasteiger partial charge in [-0.3, -0.25) is 4.98 Å². The van der Waals surface area contributed by atoms with E-state index in [1.165, 1.54) is 0 Å². The van der Waals surface area contributed by atoms with Gasteiger partial charge in [0.05, 0.1) is 40.1 Å². The van der Waals surface area contributed by atoms with Crippen LogP contribution in [0.5, 0.6) is 5.75 Å². The van der Waals surface area contributed by atoms with Gasteiger partial charge in [0, 0.05) is 5.56 Å². The van der Waals surface area contributed by atoms with Gasteiger partial charge in [-0.2, -0.15) is 0 Å². The number of fused-ring (bicyclic) bond motifs is 1. The summed E-state index contributed by atoms with van der Waals surface area (Å²) in [7, 11) is 1.64. The van der Waals surface area contributed by atoms with E-state index in [9.17, 15) is 0 Å². The van der Waals surface area contributed by atoms with Crippen molar-refractivity contribution in [2.24, 2.45) is 0 Å². The SMILES string of the molecule is COc1ccc(-c2cnc3cc(Cl)c(Cl)cc3n2)cc1. The summed E-state index contributed by atoms with van der Waals surface area (Å²) in [5.74, 6) is 0.803. The van der Waals surface area contributed by atoms with Crippen LogP contribution < -0.4 is 4.74 Å². The van der Waals surface area contributed by atoms with Crippen LogP contribution in [0, 0.1) is 0 Å². The van der Waals surface area contributed by atoms with E-state index in [2.05, 4.69) is 9.97 Å². The molecule has 0 radical (unpaired) electrons. The molecule has 0 N–H and O–H groups in total. The third-order valence-corrected chi connectivity index (χ3v) is 3.69. The molecule has 0 aliphatic carbocycles. The summed E-state index contributed by atoms with van der Waals surface area (Å²) in [6, 6.07) is 11.1. The average Bonchev–Trinajstić information content (AvgIpc) is 2.48. The first-order valence-electron chi connectivity index (χ1n) is 5.93. The van der Waals surface area contributed by atoms with Gasteiger partial charge in [-0.25, -0.2) is 4.98 Å². The first-order chi connectivity index (χ1) is 9.67. The highest BCUT2D eigenvalue weighted by Gasteiger charge is 2.06. The predicted octanol–water partition coefficient (Wildman–Crippen LogP) is 4.61. The first kappa shape index (κ1) is 13.2. The molecule has 5 heteroatoms. The van der Waals surface area contributed by atoms with Gasteiger partial charge < -0.3 is 4.74 Å². The Morgan fingerprint density at radius 1 is 0.950 bits per heavy atom. The van der Waals surface area contributed by atoms with Gasteiger partial charge in [-0.15, -0.1) is 0 Å². The average molecular weight is 305 g/mol. The van der Waals surface area contributed by atoms with Gasteiger partial charge in [-0.1, -0.05) is 23.2 Å². The van der Waals surface area contributed by atoms with Crippen LogP contribution in [0.15, 0.2) is 42.6 Å². The minimum atomic E-state index is 0.473. The summed E-state index contributed by atoms with van der Waals surface area (Å²) < 4.78 is 5.14. The quantitative estimate of drug-likeness (QED) is 0.693. The third kappa shape index (κ3) is 2.42. The summed E-state index contributed by atoms with van der Waals surface area (Å²) in [5.41, 5.74) is 3.18. The van der Waals surface area contributed by atoms with Crippen molar-refractivity contribution in [1.82, 2.24) is 9.97 Å². The van der Waals surface area contributed by atoms with Crippen molar-refractivity contribution in [3.8, 4) is 17.0 Å². The molecule has 0 spiro atoms. The topological polar surface area (TPSA) is 35.0 Å². The smallest absolute Gasteiger partial charge is 0.118 e. The predicted molar refractivity (Wildman–Crippen MR) is 81.5 cm³/mol. The summed E-state index contributed by atoms with van der Waals surface area (Å²) in [6.07, 6.45) is 1.72. The molecule has 3 aromatic rings. The van der Waals surface area contributed by atoms with E-state index in [0.29, 0.717) is 15.6 Å². The molecule has 0 saturated carbocycles. The number of nitrogens with zero attached hydrogens (tertiary/aromatic N) is 2. The molecule has 0 amide bonds. The maximum atomic E-state index is 6.01. The molecule has 0 atom stereocenters. The Balaban J connectivity index is 2.09. The molecule has 3 rings (SSSR count). The van der Waals surface area contributed by atoms with Crippen LogP contribution in [0.4, 0.5) is 0 Å². The standard InChI is InChI=1S/C15H10Cl2N2O/c1-20-10-4-2-9(3-5-10)15-8-18-13-6-11(16)12(17)7-14(13)19-15/h2-8H,1H3. The summed E-state index contributed by atoms with van der Waals surface area (Å²) in [5, 5.41) is 0.950. The highest BCUT2D eigenvalue weighted by Crippen LogP contribution is 2.28. The minimum absolute atomic E-state index is 0.473. The fourth-order valence-electron chi connectivity index (χ4n) is 1.91. The second kappa shape index (κ2) is 5.27. The Morgan fingerprint density at radius 3 is 2.25 bits per heavy atom.